The molecule has 0 nitrogen and oxygen atoms in total. The highest BCUT2D eigenvalue weighted by Gasteiger charge is 2.06. The van der Waals surface area contributed by atoms with Crippen LogP contribution in [0.4, 0.5) is 0 Å². The molecule has 3 heteroatoms. The van der Waals surface area contributed by atoms with Crippen molar-refractivity contribution < 1.29 is 0 Å². The van der Waals surface area contributed by atoms with E-state index in [9.17, 15) is 0 Å². The summed E-state index contributed by atoms with van der Waals surface area (Å²) in [7, 11) is 0. The summed E-state index contributed by atoms with van der Waals surface area (Å²) < 4.78 is 2.50. The van der Waals surface area contributed by atoms with Gasteiger partial charge in [-0.1, -0.05) is 42.1 Å². The Labute approximate surface area is 117 Å². The van der Waals surface area contributed by atoms with Crippen LogP contribution in [-0.4, -0.2) is 0 Å². The van der Waals surface area contributed by atoms with E-state index in [2.05, 4.69) is 63.8 Å². The highest BCUT2D eigenvalue weighted by Crippen LogP contribution is 2.39. The Morgan fingerprint density at radius 3 is 2.53 bits per heavy atom. The van der Waals surface area contributed by atoms with Gasteiger partial charge in [0.05, 0.1) is 0 Å². The van der Waals surface area contributed by atoms with Gasteiger partial charge in [-0.2, -0.15) is 0 Å². The van der Waals surface area contributed by atoms with Crippen molar-refractivity contribution in [3.8, 4) is 0 Å². The van der Waals surface area contributed by atoms with Crippen LogP contribution in [0.15, 0.2) is 68.2 Å². The van der Waals surface area contributed by atoms with Crippen molar-refractivity contribution in [1.29, 1.82) is 0 Å². The predicted octanol–water partition coefficient (Wildman–Crippen LogP) is 5.82. The van der Waals surface area contributed by atoms with E-state index in [4.69, 9.17) is 0 Å². The van der Waals surface area contributed by atoms with Crippen LogP contribution in [0.3, 0.4) is 0 Å². The predicted molar refractivity (Wildman–Crippen MR) is 80.1 cm³/mol. The summed E-state index contributed by atoms with van der Waals surface area (Å²) >= 11 is 7.21. The first kappa shape index (κ1) is 11.3. The first-order valence-corrected chi connectivity index (χ1v) is 7.72. The van der Waals surface area contributed by atoms with Gasteiger partial charge in [-0.05, 0) is 34.1 Å². The Morgan fingerprint density at radius 2 is 1.65 bits per heavy atom. The van der Waals surface area contributed by atoms with Crippen LogP contribution in [0.25, 0.3) is 10.1 Å². The summed E-state index contributed by atoms with van der Waals surface area (Å²) in [4.78, 5) is 2.59. The van der Waals surface area contributed by atoms with E-state index in [1.165, 1.54) is 19.9 Å². The van der Waals surface area contributed by atoms with Crippen LogP contribution in [0.2, 0.25) is 0 Å². The Kier molecular flexibility index (Phi) is 3.23. The van der Waals surface area contributed by atoms with Gasteiger partial charge in [-0.15, -0.1) is 11.3 Å². The van der Waals surface area contributed by atoms with Crippen molar-refractivity contribution in [3.05, 3.63) is 58.4 Å². The van der Waals surface area contributed by atoms with Gasteiger partial charge in [-0.25, -0.2) is 0 Å². The van der Waals surface area contributed by atoms with Crippen LogP contribution in [0, 0.1) is 0 Å². The van der Waals surface area contributed by atoms with Crippen LogP contribution in [0.5, 0.6) is 0 Å². The average Bonchev–Trinajstić information content (AvgIpc) is 2.76. The van der Waals surface area contributed by atoms with Gasteiger partial charge < -0.3 is 0 Å². The standard InChI is InChI=1S/C14H9BrS2/c15-11-6-2-4-8-13(11)17-14-9-16-12-7-3-1-5-10(12)14/h1-9H. The van der Waals surface area contributed by atoms with Gasteiger partial charge in [0.1, 0.15) is 0 Å². The number of benzene rings is 2. The van der Waals surface area contributed by atoms with E-state index in [1.54, 1.807) is 11.3 Å². The van der Waals surface area contributed by atoms with Gasteiger partial charge in [-0.3, -0.25) is 0 Å². The topological polar surface area (TPSA) is 0 Å². The van der Waals surface area contributed by atoms with Crippen LogP contribution in [-0.2, 0) is 0 Å². The summed E-state index contributed by atoms with van der Waals surface area (Å²) in [5.74, 6) is 0. The molecule has 0 fully saturated rings. The molecule has 0 spiro atoms. The maximum Gasteiger partial charge on any atom is 0.0354 e. The Hall–Kier alpha value is -0.770. The zero-order chi connectivity index (χ0) is 11.7. The normalized spacial score (nSPS) is 10.9. The van der Waals surface area contributed by atoms with Crippen molar-refractivity contribution >= 4 is 49.1 Å². The Bertz CT molecular complexity index is 658. The Balaban J connectivity index is 2.03. The van der Waals surface area contributed by atoms with Gasteiger partial charge in [0.15, 0.2) is 0 Å². The highest BCUT2D eigenvalue weighted by atomic mass is 79.9. The first-order chi connectivity index (χ1) is 8.34. The molecule has 0 saturated heterocycles. The molecule has 0 saturated carbocycles. The number of fused-ring (bicyclic) bond motifs is 1. The number of halogens is 1. The van der Waals surface area contributed by atoms with Crippen molar-refractivity contribution in [3.63, 3.8) is 0 Å². The van der Waals surface area contributed by atoms with E-state index in [0.29, 0.717) is 0 Å². The largest absolute Gasteiger partial charge is 0.143 e. The summed E-state index contributed by atoms with van der Waals surface area (Å²) in [6.07, 6.45) is 0. The third-order valence-corrected chi connectivity index (χ3v) is 5.70. The van der Waals surface area contributed by atoms with Crippen LogP contribution in [0.1, 0.15) is 0 Å². The van der Waals surface area contributed by atoms with Crippen LogP contribution >= 0.6 is 39.0 Å². The van der Waals surface area contributed by atoms with E-state index in [-0.39, 0.29) is 0 Å². The second kappa shape index (κ2) is 4.84. The molecule has 2 aromatic carbocycles. The molecule has 0 radical (unpaired) electrons. The van der Waals surface area contributed by atoms with E-state index >= 15 is 0 Å². The second-order valence-electron chi connectivity index (χ2n) is 3.63. The highest BCUT2D eigenvalue weighted by molar-refractivity contribution is 9.10. The third-order valence-electron chi connectivity index (χ3n) is 2.50. The minimum Gasteiger partial charge on any atom is -0.143 e. The molecule has 0 aliphatic carbocycles. The molecule has 0 N–H and O–H groups in total. The van der Waals surface area contributed by atoms with Gasteiger partial charge >= 0.3 is 0 Å². The summed E-state index contributed by atoms with van der Waals surface area (Å²) in [5, 5.41) is 3.58. The zero-order valence-electron chi connectivity index (χ0n) is 8.89. The molecule has 84 valence electrons. The van der Waals surface area contributed by atoms with Crippen LogP contribution < -0.4 is 0 Å². The molecule has 1 heterocycles. The lowest BCUT2D eigenvalue weighted by molar-refractivity contribution is 1.40. The van der Waals surface area contributed by atoms with E-state index in [0.717, 1.165) is 4.47 Å². The summed E-state index contributed by atoms with van der Waals surface area (Å²) in [5.41, 5.74) is 0. The van der Waals surface area contributed by atoms with Crippen molar-refractivity contribution in [2.75, 3.05) is 0 Å². The second-order valence-corrected chi connectivity index (χ2v) is 6.48. The van der Waals surface area contributed by atoms with Crippen molar-refractivity contribution in [1.82, 2.24) is 0 Å². The summed E-state index contributed by atoms with van der Waals surface area (Å²) in [6, 6.07) is 16.9. The SMILES string of the molecule is Brc1ccccc1Sc1csc2ccccc12. The molecule has 0 aliphatic heterocycles. The maximum atomic E-state index is 3.59. The number of hydrogen-bond acceptors (Lipinski definition) is 2. The van der Waals surface area contributed by atoms with Crippen molar-refractivity contribution in [2.24, 2.45) is 0 Å². The molecule has 3 aromatic rings. The van der Waals surface area contributed by atoms with Crippen molar-refractivity contribution in [2.45, 2.75) is 9.79 Å². The lowest BCUT2D eigenvalue weighted by Crippen LogP contribution is -1.73. The minimum atomic E-state index is 1.15. The fourth-order valence-electron chi connectivity index (χ4n) is 1.68. The quantitative estimate of drug-likeness (QED) is 0.573. The van der Waals surface area contributed by atoms with Gasteiger partial charge in [0, 0.05) is 29.7 Å². The molecular formula is C14H9BrS2. The molecule has 1 aromatic heterocycles. The molecule has 0 bridgehead atoms. The lowest BCUT2D eigenvalue weighted by Gasteiger charge is -2.02. The fraction of sp³-hybridized carbons (Fsp3) is 0. The minimum absolute atomic E-state index is 1.15. The maximum absolute atomic E-state index is 3.59. The van der Waals surface area contributed by atoms with Gasteiger partial charge in [0.2, 0.25) is 0 Å². The van der Waals surface area contributed by atoms with Gasteiger partial charge in [0.25, 0.3) is 0 Å². The van der Waals surface area contributed by atoms with E-state index in [1.807, 2.05) is 17.8 Å². The molecule has 0 atom stereocenters. The zero-order valence-corrected chi connectivity index (χ0v) is 12.1. The molecule has 0 aliphatic rings. The summed E-state index contributed by atoms with van der Waals surface area (Å²) in [6.45, 7) is 0. The molecule has 3 rings (SSSR count). The molecular weight excluding hydrogens is 312 g/mol. The number of rotatable bonds is 2. The fourth-order valence-corrected chi connectivity index (χ4v) is 4.27. The third kappa shape index (κ3) is 2.28. The smallest absolute Gasteiger partial charge is 0.0354 e. The molecule has 0 unspecified atom stereocenters. The first-order valence-electron chi connectivity index (χ1n) is 5.23. The molecule has 0 amide bonds. The monoisotopic (exact) mass is 320 g/mol. The number of hydrogen-bond donors (Lipinski definition) is 0. The number of thiophene rings is 1. The Morgan fingerprint density at radius 1 is 0.882 bits per heavy atom. The van der Waals surface area contributed by atoms with E-state index < -0.39 is 0 Å². The average molecular weight is 321 g/mol. The lowest BCUT2D eigenvalue weighted by atomic mass is 10.3. The molecule has 17 heavy (non-hydrogen) atoms.